The summed E-state index contributed by atoms with van der Waals surface area (Å²) < 4.78 is 17.2. The molecule has 4 aromatic rings. The molecule has 4 aromatic carbocycles. The molecule has 1 N–H and O–H groups in total. The number of benzene rings is 4. The van der Waals surface area contributed by atoms with Crippen LogP contribution in [-0.4, -0.2) is 39.1 Å². The number of hydrogen-bond acceptors (Lipinski definition) is 7. The van der Waals surface area contributed by atoms with Crippen LogP contribution in [0, 0.1) is 10.8 Å². The van der Waals surface area contributed by atoms with Gasteiger partial charge in [0, 0.05) is 55.8 Å². The van der Waals surface area contributed by atoms with Crippen LogP contribution in [0.15, 0.2) is 76.0 Å². The number of nitrogens with zero attached hydrogens (tertiary/aromatic N) is 9. The first-order chi connectivity index (χ1) is 23.1. The van der Waals surface area contributed by atoms with Crippen LogP contribution < -0.4 is 14.2 Å². The first-order valence-corrected chi connectivity index (χ1v) is 15.5. The third-order valence-corrected chi connectivity index (χ3v) is 9.82. The van der Waals surface area contributed by atoms with E-state index in [1.807, 2.05) is 42.5 Å². The van der Waals surface area contributed by atoms with Gasteiger partial charge in [-0.05, 0) is 105 Å². The first kappa shape index (κ1) is 32.2. The minimum absolute atomic E-state index is 0.0883. The van der Waals surface area contributed by atoms with Gasteiger partial charge in [-0.25, -0.2) is 0 Å². The zero-order valence-corrected chi connectivity index (χ0v) is 27.2. The molecule has 0 bridgehead atoms. The van der Waals surface area contributed by atoms with Gasteiger partial charge < -0.3 is 19.3 Å². The fourth-order valence-electron chi connectivity index (χ4n) is 8.52. The Morgan fingerprint density at radius 2 is 1.40 bits per heavy atom. The van der Waals surface area contributed by atoms with E-state index in [0.717, 1.165) is 27.6 Å². The van der Waals surface area contributed by atoms with E-state index < -0.39 is 16.2 Å². The summed E-state index contributed by atoms with van der Waals surface area (Å²) in [4.78, 5) is 9.02. The van der Waals surface area contributed by atoms with E-state index in [9.17, 15) is 16.2 Å². The molecule has 2 aliphatic carbocycles. The number of aromatic hydroxyl groups is 1. The van der Waals surface area contributed by atoms with Crippen molar-refractivity contribution in [3.63, 3.8) is 0 Å². The monoisotopic (exact) mass is 645 g/mol. The highest BCUT2D eigenvalue weighted by Crippen LogP contribution is 2.65. The van der Waals surface area contributed by atoms with Crippen LogP contribution in [0.5, 0.6) is 23.0 Å². The molecule has 13 nitrogen and oxygen atoms in total. The molecule has 1 saturated carbocycles. The average molecular weight is 646 g/mol. The van der Waals surface area contributed by atoms with Crippen LogP contribution in [0.4, 0.5) is 0 Å². The summed E-state index contributed by atoms with van der Waals surface area (Å²) in [6.07, 6.45) is 2.00. The van der Waals surface area contributed by atoms with Crippen LogP contribution in [0.2, 0.25) is 0 Å². The van der Waals surface area contributed by atoms with Crippen molar-refractivity contribution in [1.29, 1.82) is 0 Å². The maximum absolute atomic E-state index is 11.9. The second kappa shape index (κ2) is 12.5. The molecule has 0 heterocycles. The van der Waals surface area contributed by atoms with E-state index in [0.29, 0.717) is 53.0 Å². The third kappa shape index (κ3) is 5.40. The number of ether oxygens (including phenoxy) is 3. The lowest BCUT2D eigenvalue weighted by Gasteiger charge is -2.53. The summed E-state index contributed by atoms with van der Waals surface area (Å²) in [7, 11) is 3.14. The predicted molar refractivity (Wildman–Crippen MR) is 183 cm³/mol. The highest BCUT2D eigenvalue weighted by Gasteiger charge is 2.55. The Morgan fingerprint density at radius 1 is 0.708 bits per heavy atom. The molecular weight excluding hydrogens is 610 g/mol. The number of hydrogen-bond donors (Lipinski definition) is 1. The Labute approximate surface area is 276 Å². The van der Waals surface area contributed by atoms with Gasteiger partial charge in [0.05, 0.1) is 14.2 Å². The van der Waals surface area contributed by atoms with Crippen molar-refractivity contribution in [2.75, 3.05) is 34.0 Å². The standard InChI is InChI=1S/C35H35N9O4/c1-33(18-39-42-36)15-34(2,19-40-43-37)17-35(16-33)27-8-6-5-7-23(27)32-26-13-31(48-20-41-44-38)25(12-24(26)29(45)14-28(32)35)22-10-9-21(46-3)11-30(22)47-4/h5-14,45H,15-20H2,1-4H3. The fourth-order valence-corrected chi connectivity index (χ4v) is 8.52. The molecule has 0 radical (unpaired) electrons. The molecule has 2 aliphatic rings. The smallest absolute Gasteiger partial charge is 0.167 e. The second-order valence-electron chi connectivity index (χ2n) is 13.3. The number of phenols is 1. The molecule has 2 unspecified atom stereocenters. The van der Waals surface area contributed by atoms with Crippen molar-refractivity contribution in [2.45, 2.75) is 38.5 Å². The molecule has 0 amide bonds. The lowest BCUT2D eigenvalue weighted by molar-refractivity contribution is 0.0503. The van der Waals surface area contributed by atoms with Gasteiger partial charge in [-0.2, -0.15) is 0 Å². The Bertz CT molecular complexity index is 2050. The van der Waals surface area contributed by atoms with Crippen molar-refractivity contribution in [3.8, 4) is 45.3 Å². The highest BCUT2D eigenvalue weighted by molar-refractivity contribution is 6.08. The van der Waals surface area contributed by atoms with Crippen LogP contribution in [0.25, 0.3) is 64.4 Å². The van der Waals surface area contributed by atoms with E-state index in [4.69, 9.17) is 19.7 Å². The summed E-state index contributed by atoms with van der Waals surface area (Å²) in [5, 5.41) is 24.9. The molecule has 13 heteroatoms. The van der Waals surface area contributed by atoms with Crippen LogP contribution in [0.3, 0.4) is 0 Å². The zero-order valence-electron chi connectivity index (χ0n) is 27.2. The molecule has 6 rings (SSSR count). The number of azide groups is 3. The molecule has 0 aromatic heterocycles. The number of rotatable bonds is 10. The first-order valence-electron chi connectivity index (χ1n) is 15.5. The minimum atomic E-state index is -0.584. The predicted octanol–water partition coefficient (Wildman–Crippen LogP) is 9.96. The van der Waals surface area contributed by atoms with E-state index in [2.05, 4.69) is 56.1 Å². The Morgan fingerprint density at radius 3 is 2.04 bits per heavy atom. The SMILES string of the molecule is COc1ccc(-c2cc3c(O)cc4c(c3cc2OCN=[N+]=[N-])-c2ccccc2C42CC(C)(CN=[N+]=[N-])CC(C)(CN=[N+]=[N-])C2)c(OC)c1. The van der Waals surface area contributed by atoms with Crippen LogP contribution >= 0.6 is 0 Å². The summed E-state index contributed by atoms with van der Waals surface area (Å²) in [5.41, 5.74) is 31.5. The van der Waals surface area contributed by atoms with Gasteiger partial charge in [0.25, 0.3) is 0 Å². The lowest BCUT2D eigenvalue weighted by atomic mass is 9.51. The Hall–Kier alpha value is -5.73. The van der Waals surface area contributed by atoms with E-state index >= 15 is 0 Å². The average Bonchev–Trinajstić information content (AvgIpc) is 3.33. The van der Waals surface area contributed by atoms with Gasteiger partial charge in [-0.1, -0.05) is 53.5 Å². The molecule has 2 atom stereocenters. The zero-order chi connectivity index (χ0) is 34.1. The Balaban J connectivity index is 1.65. The summed E-state index contributed by atoms with van der Waals surface area (Å²) >= 11 is 0. The van der Waals surface area contributed by atoms with Crippen molar-refractivity contribution < 1.29 is 19.3 Å². The van der Waals surface area contributed by atoms with Crippen LogP contribution in [0.1, 0.15) is 44.2 Å². The summed E-state index contributed by atoms with van der Waals surface area (Å²) in [5.74, 6) is 1.68. The summed E-state index contributed by atoms with van der Waals surface area (Å²) in [6.45, 7) is 4.55. The number of fused-ring (bicyclic) bond motifs is 7. The van der Waals surface area contributed by atoms with Gasteiger partial charge in [-0.3, -0.25) is 0 Å². The third-order valence-electron chi connectivity index (χ3n) is 9.82. The van der Waals surface area contributed by atoms with E-state index in [-0.39, 0.29) is 25.6 Å². The van der Waals surface area contributed by atoms with Crippen molar-refractivity contribution in [1.82, 2.24) is 0 Å². The molecule has 0 aliphatic heterocycles. The molecular formula is C35H35N9O4. The highest BCUT2D eigenvalue weighted by atomic mass is 16.5. The lowest BCUT2D eigenvalue weighted by Crippen LogP contribution is -2.48. The maximum atomic E-state index is 11.9. The quantitative estimate of drug-likeness (QED) is 0.102. The maximum Gasteiger partial charge on any atom is 0.167 e. The Kier molecular flexibility index (Phi) is 8.37. The van der Waals surface area contributed by atoms with Crippen LogP contribution in [-0.2, 0) is 5.41 Å². The van der Waals surface area contributed by atoms with Gasteiger partial charge in [0.2, 0.25) is 0 Å². The van der Waals surface area contributed by atoms with E-state index in [1.165, 1.54) is 0 Å². The summed E-state index contributed by atoms with van der Waals surface area (Å²) in [6, 6.07) is 19.3. The molecule has 244 valence electrons. The molecule has 0 saturated heterocycles. The topological polar surface area (TPSA) is 194 Å². The van der Waals surface area contributed by atoms with Crippen molar-refractivity contribution in [2.24, 2.45) is 26.2 Å². The van der Waals surface area contributed by atoms with Gasteiger partial charge in [0.1, 0.15) is 23.0 Å². The number of phenolic OH excluding ortho intramolecular Hbond substituents is 1. The molecule has 1 spiro atoms. The fraction of sp³-hybridized carbons (Fsp3) is 0.371. The van der Waals surface area contributed by atoms with E-state index in [1.54, 1.807) is 20.3 Å². The normalized spacial score (nSPS) is 22.1. The van der Waals surface area contributed by atoms with Crippen molar-refractivity contribution in [3.05, 3.63) is 103 Å². The minimum Gasteiger partial charge on any atom is -0.507 e. The van der Waals surface area contributed by atoms with Gasteiger partial charge in [0.15, 0.2) is 6.73 Å². The second-order valence-corrected chi connectivity index (χ2v) is 13.3. The molecule has 1 fully saturated rings. The largest absolute Gasteiger partial charge is 0.507 e. The van der Waals surface area contributed by atoms with Gasteiger partial charge >= 0.3 is 0 Å². The van der Waals surface area contributed by atoms with Crippen molar-refractivity contribution >= 4 is 10.8 Å². The number of methoxy groups -OCH3 is 2. The van der Waals surface area contributed by atoms with Gasteiger partial charge in [-0.15, -0.1) is 0 Å². The molecule has 48 heavy (non-hydrogen) atoms.